The molecule has 2 rings (SSSR count). The standard InChI is InChI=1S/C12H13F2NO5S/c13-7-1-4-11(9(14)5-7)21(18,19)15-6-8-2-3-10(20-8)12(16)17/h1,4-5,8,10,15H,2-3,6H2,(H,16,17). The van der Waals surface area contributed by atoms with Crippen LogP contribution in [0, 0.1) is 11.6 Å². The Hall–Kier alpha value is -1.58. The SMILES string of the molecule is O=C(O)C1CCC(CNS(=O)(=O)c2ccc(F)cc2F)O1. The van der Waals surface area contributed by atoms with Crippen LogP contribution in [0.15, 0.2) is 23.1 Å². The lowest BCUT2D eigenvalue weighted by atomic mass is 10.2. The van der Waals surface area contributed by atoms with Crippen molar-refractivity contribution >= 4 is 16.0 Å². The molecule has 0 aliphatic carbocycles. The molecule has 116 valence electrons. The van der Waals surface area contributed by atoms with Crippen molar-refractivity contribution in [2.45, 2.75) is 29.9 Å². The van der Waals surface area contributed by atoms with Crippen LogP contribution in [0.4, 0.5) is 8.78 Å². The molecule has 21 heavy (non-hydrogen) atoms. The molecular weight excluding hydrogens is 308 g/mol. The first kappa shape index (κ1) is 15.8. The van der Waals surface area contributed by atoms with E-state index in [1.807, 2.05) is 0 Å². The summed E-state index contributed by atoms with van der Waals surface area (Å²) in [5, 5.41) is 8.75. The number of rotatable bonds is 5. The van der Waals surface area contributed by atoms with Crippen LogP contribution in [-0.4, -0.2) is 38.2 Å². The summed E-state index contributed by atoms with van der Waals surface area (Å²) < 4.78 is 57.2. The number of carbonyl (C=O) groups is 1. The van der Waals surface area contributed by atoms with Gasteiger partial charge in [0.25, 0.3) is 0 Å². The van der Waals surface area contributed by atoms with Gasteiger partial charge in [-0.25, -0.2) is 26.7 Å². The van der Waals surface area contributed by atoms with E-state index < -0.39 is 44.7 Å². The van der Waals surface area contributed by atoms with Gasteiger partial charge in [-0.15, -0.1) is 0 Å². The zero-order valence-corrected chi connectivity index (χ0v) is 11.6. The first-order chi connectivity index (χ1) is 9.79. The Morgan fingerprint density at radius 1 is 1.38 bits per heavy atom. The summed E-state index contributed by atoms with van der Waals surface area (Å²) >= 11 is 0. The molecule has 1 heterocycles. The average Bonchev–Trinajstić information content (AvgIpc) is 2.85. The minimum atomic E-state index is -4.15. The minimum Gasteiger partial charge on any atom is -0.479 e. The first-order valence-corrected chi connectivity index (χ1v) is 7.61. The van der Waals surface area contributed by atoms with E-state index in [0.717, 1.165) is 12.1 Å². The van der Waals surface area contributed by atoms with Gasteiger partial charge in [0.2, 0.25) is 10.0 Å². The van der Waals surface area contributed by atoms with Gasteiger partial charge in [-0.1, -0.05) is 0 Å². The molecule has 2 atom stereocenters. The Morgan fingerprint density at radius 2 is 2.10 bits per heavy atom. The number of hydrogen-bond acceptors (Lipinski definition) is 4. The second-order valence-corrected chi connectivity index (χ2v) is 6.32. The Labute approximate surface area is 119 Å². The number of nitrogens with one attached hydrogen (secondary N) is 1. The number of carboxylic acids is 1. The second-order valence-electron chi connectivity index (χ2n) is 4.59. The normalized spacial score (nSPS) is 22.4. The average molecular weight is 321 g/mol. The molecule has 0 bridgehead atoms. The summed E-state index contributed by atoms with van der Waals surface area (Å²) in [5.74, 6) is -3.18. The van der Waals surface area contributed by atoms with E-state index in [9.17, 15) is 22.0 Å². The van der Waals surface area contributed by atoms with Gasteiger partial charge in [-0.3, -0.25) is 0 Å². The summed E-state index contributed by atoms with van der Waals surface area (Å²) in [6.07, 6.45) is -0.885. The molecule has 0 amide bonds. The van der Waals surface area contributed by atoms with E-state index in [0.29, 0.717) is 12.5 Å². The van der Waals surface area contributed by atoms with Crippen LogP contribution in [0.1, 0.15) is 12.8 Å². The molecule has 1 aliphatic rings. The van der Waals surface area contributed by atoms with Gasteiger partial charge in [0.05, 0.1) is 6.10 Å². The third-order valence-electron chi connectivity index (χ3n) is 3.07. The summed E-state index contributed by atoms with van der Waals surface area (Å²) in [4.78, 5) is 10.0. The van der Waals surface area contributed by atoms with Crippen LogP contribution in [0.2, 0.25) is 0 Å². The highest BCUT2D eigenvalue weighted by Crippen LogP contribution is 2.20. The van der Waals surface area contributed by atoms with E-state index >= 15 is 0 Å². The third kappa shape index (κ3) is 3.74. The smallest absolute Gasteiger partial charge is 0.332 e. The van der Waals surface area contributed by atoms with Crippen LogP contribution in [0.5, 0.6) is 0 Å². The lowest BCUT2D eigenvalue weighted by molar-refractivity contribution is -0.149. The van der Waals surface area contributed by atoms with Gasteiger partial charge in [-0.2, -0.15) is 0 Å². The molecular formula is C12H13F2NO5S. The zero-order valence-electron chi connectivity index (χ0n) is 10.8. The highest BCUT2D eigenvalue weighted by molar-refractivity contribution is 7.89. The summed E-state index contributed by atoms with van der Waals surface area (Å²) in [6, 6.07) is 2.13. The topological polar surface area (TPSA) is 92.7 Å². The maximum Gasteiger partial charge on any atom is 0.332 e. The van der Waals surface area contributed by atoms with Gasteiger partial charge in [0, 0.05) is 12.6 Å². The van der Waals surface area contributed by atoms with Gasteiger partial charge in [-0.05, 0) is 25.0 Å². The van der Waals surface area contributed by atoms with Gasteiger partial charge in [0.1, 0.15) is 16.5 Å². The van der Waals surface area contributed by atoms with E-state index in [1.165, 1.54) is 0 Å². The monoisotopic (exact) mass is 321 g/mol. The maximum absolute atomic E-state index is 13.4. The molecule has 0 saturated carbocycles. The molecule has 0 radical (unpaired) electrons. The van der Waals surface area contributed by atoms with Crippen LogP contribution < -0.4 is 4.72 Å². The van der Waals surface area contributed by atoms with Crippen molar-refractivity contribution in [1.29, 1.82) is 0 Å². The number of halogens is 2. The van der Waals surface area contributed by atoms with Gasteiger partial charge >= 0.3 is 5.97 Å². The fourth-order valence-corrected chi connectivity index (χ4v) is 3.13. The van der Waals surface area contributed by atoms with E-state index in [2.05, 4.69) is 4.72 Å². The Kier molecular flexibility index (Phi) is 4.55. The Morgan fingerprint density at radius 3 is 2.67 bits per heavy atom. The molecule has 9 heteroatoms. The van der Waals surface area contributed by atoms with Crippen LogP contribution in [0.25, 0.3) is 0 Å². The summed E-state index contributed by atoms with van der Waals surface area (Å²) in [5.41, 5.74) is 0. The third-order valence-corrected chi connectivity index (χ3v) is 4.52. The number of hydrogen-bond donors (Lipinski definition) is 2. The quantitative estimate of drug-likeness (QED) is 0.840. The number of benzene rings is 1. The van der Waals surface area contributed by atoms with Crippen LogP contribution >= 0.6 is 0 Å². The largest absolute Gasteiger partial charge is 0.479 e. The Balaban J connectivity index is 2.01. The number of aliphatic carboxylic acids is 1. The summed E-state index contributed by atoms with van der Waals surface area (Å²) in [6.45, 7) is -0.178. The molecule has 1 aromatic rings. The maximum atomic E-state index is 13.4. The van der Waals surface area contributed by atoms with Crippen molar-refractivity contribution in [3.63, 3.8) is 0 Å². The molecule has 1 saturated heterocycles. The number of carboxylic acid groups (broad SMARTS) is 1. The van der Waals surface area contributed by atoms with E-state index in [-0.39, 0.29) is 13.0 Å². The molecule has 6 nitrogen and oxygen atoms in total. The van der Waals surface area contributed by atoms with Crippen molar-refractivity contribution in [2.75, 3.05) is 6.54 Å². The minimum absolute atomic E-state index is 0.178. The molecule has 2 N–H and O–H groups in total. The van der Waals surface area contributed by atoms with Crippen molar-refractivity contribution in [2.24, 2.45) is 0 Å². The van der Waals surface area contributed by atoms with E-state index in [4.69, 9.17) is 9.84 Å². The van der Waals surface area contributed by atoms with Crippen LogP contribution in [-0.2, 0) is 19.6 Å². The van der Waals surface area contributed by atoms with Crippen molar-refractivity contribution in [1.82, 2.24) is 4.72 Å². The van der Waals surface area contributed by atoms with Crippen LogP contribution in [0.3, 0.4) is 0 Å². The highest BCUT2D eigenvalue weighted by Gasteiger charge is 2.31. The fourth-order valence-electron chi connectivity index (χ4n) is 2.01. The number of ether oxygens (including phenoxy) is 1. The molecule has 1 fully saturated rings. The molecule has 2 unspecified atom stereocenters. The predicted octanol–water partition coefficient (Wildman–Crippen LogP) is 0.875. The van der Waals surface area contributed by atoms with E-state index in [1.54, 1.807) is 0 Å². The highest BCUT2D eigenvalue weighted by atomic mass is 32.2. The lowest BCUT2D eigenvalue weighted by Gasteiger charge is -2.13. The van der Waals surface area contributed by atoms with Crippen molar-refractivity contribution in [3.8, 4) is 0 Å². The molecule has 1 aromatic carbocycles. The molecule has 0 aromatic heterocycles. The first-order valence-electron chi connectivity index (χ1n) is 6.12. The predicted molar refractivity (Wildman–Crippen MR) is 67.1 cm³/mol. The summed E-state index contributed by atoms with van der Waals surface area (Å²) in [7, 11) is -4.15. The van der Waals surface area contributed by atoms with Gasteiger partial charge < -0.3 is 9.84 Å². The number of sulfonamides is 1. The molecule has 1 aliphatic heterocycles. The molecule has 0 spiro atoms. The van der Waals surface area contributed by atoms with Crippen molar-refractivity contribution < 1.29 is 31.8 Å². The van der Waals surface area contributed by atoms with Crippen molar-refractivity contribution in [3.05, 3.63) is 29.8 Å². The Bertz CT molecular complexity index is 649. The lowest BCUT2D eigenvalue weighted by Crippen LogP contribution is -2.33. The van der Waals surface area contributed by atoms with Gasteiger partial charge in [0.15, 0.2) is 6.10 Å². The second kappa shape index (κ2) is 6.04. The fraction of sp³-hybridized carbons (Fsp3) is 0.417. The zero-order chi connectivity index (χ0) is 15.6.